The molecule has 0 bridgehead atoms. The van der Waals surface area contributed by atoms with Gasteiger partial charge in [0.15, 0.2) is 0 Å². The number of aryl methyl sites for hydroxylation is 1. The number of halogens is 2. The Hall–Kier alpha value is -1.16. The third-order valence-electron chi connectivity index (χ3n) is 4.57. The van der Waals surface area contributed by atoms with Gasteiger partial charge in [-0.1, -0.05) is 27.5 Å². The zero-order chi connectivity index (χ0) is 17.6. The highest BCUT2D eigenvalue weighted by atomic mass is 79.9. The predicted octanol–water partition coefficient (Wildman–Crippen LogP) is 1.28. The molecule has 25 heavy (non-hydrogen) atoms. The number of fused-ring (bicyclic) bond motifs is 1. The lowest BCUT2D eigenvalue weighted by Gasteiger charge is -2.40. The third kappa shape index (κ3) is 3.30. The summed E-state index contributed by atoms with van der Waals surface area (Å²) in [5.74, 6) is -0.0823. The highest BCUT2D eigenvalue weighted by Crippen LogP contribution is 2.34. The third-order valence-corrected chi connectivity index (χ3v) is 5.32. The Morgan fingerprint density at radius 2 is 2.08 bits per heavy atom. The fourth-order valence-corrected chi connectivity index (χ4v) is 4.41. The molecule has 9 heteroatoms. The van der Waals surface area contributed by atoms with Crippen LogP contribution < -0.4 is 21.1 Å². The molecule has 2 saturated heterocycles. The van der Waals surface area contributed by atoms with Crippen LogP contribution in [-0.2, 0) is 9.53 Å². The number of carbonyl (C=O) groups excluding carboxylic acids is 1. The number of amides is 1. The molecule has 7 nitrogen and oxygen atoms in total. The minimum atomic E-state index is -0.263. The smallest absolute Gasteiger partial charge is 0.254 e. The molecule has 3 aliphatic rings. The van der Waals surface area contributed by atoms with Gasteiger partial charge in [0.05, 0.1) is 29.5 Å². The summed E-state index contributed by atoms with van der Waals surface area (Å²) in [7, 11) is 0. The van der Waals surface area contributed by atoms with Crippen LogP contribution in [0.1, 0.15) is 5.56 Å². The molecule has 3 aliphatic heterocycles. The van der Waals surface area contributed by atoms with Gasteiger partial charge in [-0.15, -0.1) is 0 Å². The van der Waals surface area contributed by atoms with Gasteiger partial charge in [-0.05, 0) is 24.6 Å². The topological polar surface area (TPSA) is 68.9 Å². The van der Waals surface area contributed by atoms with Crippen molar-refractivity contribution < 1.29 is 9.53 Å². The van der Waals surface area contributed by atoms with E-state index in [-0.39, 0.29) is 18.4 Å². The highest BCUT2D eigenvalue weighted by Gasteiger charge is 2.39. The van der Waals surface area contributed by atoms with E-state index < -0.39 is 0 Å². The molecule has 134 valence electrons. The van der Waals surface area contributed by atoms with Crippen molar-refractivity contribution in [1.29, 1.82) is 0 Å². The number of hydrogen-bond donors (Lipinski definition) is 3. The summed E-state index contributed by atoms with van der Waals surface area (Å²) in [6, 6.07) is 3.84. The number of morpholine rings is 1. The molecule has 0 saturated carbocycles. The molecule has 1 aromatic rings. The number of carbonyl (C=O) groups is 1. The normalized spacial score (nSPS) is 27.1. The summed E-state index contributed by atoms with van der Waals surface area (Å²) in [5, 5.41) is 8.87. The molecule has 4 rings (SSSR count). The van der Waals surface area contributed by atoms with Crippen LogP contribution in [0.25, 0.3) is 0 Å². The zero-order valence-corrected chi connectivity index (χ0v) is 16.0. The molecule has 1 amide bonds. The van der Waals surface area contributed by atoms with E-state index in [2.05, 4.69) is 36.9 Å². The van der Waals surface area contributed by atoms with Gasteiger partial charge in [0.1, 0.15) is 12.5 Å². The van der Waals surface area contributed by atoms with Crippen molar-refractivity contribution in [1.82, 2.24) is 21.0 Å². The van der Waals surface area contributed by atoms with Crippen LogP contribution in [0.15, 0.2) is 28.4 Å². The van der Waals surface area contributed by atoms with E-state index in [1.54, 1.807) is 6.20 Å². The molecule has 2 fully saturated rings. The first-order valence-electron chi connectivity index (χ1n) is 8.14. The van der Waals surface area contributed by atoms with Gasteiger partial charge in [0.2, 0.25) is 0 Å². The van der Waals surface area contributed by atoms with Crippen molar-refractivity contribution in [3.05, 3.63) is 39.0 Å². The number of nitrogens with one attached hydrogen (secondary N) is 3. The van der Waals surface area contributed by atoms with E-state index in [4.69, 9.17) is 16.3 Å². The van der Waals surface area contributed by atoms with Crippen LogP contribution in [-0.4, -0.2) is 49.6 Å². The molecular weight excluding hydrogens is 410 g/mol. The number of benzene rings is 1. The Morgan fingerprint density at radius 1 is 1.32 bits per heavy atom. The van der Waals surface area contributed by atoms with Crippen molar-refractivity contribution in [2.45, 2.75) is 19.4 Å². The minimum Gasteiger partial charge on any atom is -0.379 e. The van der Waals surface area contributed by atoms with Crippen molar-refractivity contribution in [2.24, 2.45) is 0 Å². The Kier molecular flexibility index (Phi) is 4.74. The molecule has 0 aromatic heterocycles. The van der Waals surface area contributed by atoms with E-state index in [9.17, 15) is 4.79 Å². The number of ether oxygens (including phenoxy) is 1. The molecule has 1 aromatic carbocycles. The first-order chi connectivity index (χ1) is 12.0. The van der Waals surface area contributed by atoms with Crippen LogP contribution in [0, 0.1) is 6.92 Å². The quantitative estimate of drug-likeness (QED) is 0.659. The van der Waals surface area contributed by atoms with Gasteiger partial charge in [0.25, 0.3) is 5.91 Å². The lowest BCUT2D eigenvalue weighted by molar-refractivity contribution is -0.123. The van der Waals surface area contributed by atoms with E-state index >= 15 is 0 Å². The number of hydrazine groups is 1. The van der Waals surface area contributed by atoms with E-state index in [0.29, 0.717) is 23.8 Å². The summed E-state index contributed by atoms with van der Waals surface area (Å²) in [5.41, 5.74) is 5.81. The molecular formula is C16H19BrClN5O2. The SMILES string of the molecule is Cc1cc(Br)cc(Cl)c1N1C=C2C(=O)NC(N3CCOCC3)NC2N1. The van der Waals surface area contributed by atoms with E-state index in [1.807, 2.05) is 24.1 Å². The van der Waals surface area contributed by atoms with Gasteiger partial charge < -0.3 is 10.1 Å². The minimum absolute atomic E-state index is 0.0823. The largest absolute Gasteiger partial charge is 0.379 e. The van der Waals surface area contributed by atoms with Crippen molar-refractivity contribution in [3.63, 3.8) is 0 Å². The second kappa shape index (κ2) is 6.86. The fourth-order valence-electron chi connectivity index (χ4n) is 3.34. The number of hydrogen-bond acceptors (Lipinski definition) is 6. The maximum atomic E-state index is 12.5. The maximum absolute atomic E-state index is 12.5. The maximum Gasteiger partial charge on any atom is 0.254 e. The van der Waals surface area contributed by atoms with Crippen LogP contribution in [0.5, 0.6) is 0 Å². The molecule has 3 heterocycles. The van der Waals surface area contributed by atoms with Crippen molar-refractivity contribution in [2.75, 3.05) is 31.3 Å². The fraction of sp³-hybridized carbons (Fsp3) is 0.438. The summed E-state index contributed by atoms with van der Waals surface area (Å²) >= 11 is 9.86. The van der Waals surface area contributed by atoms with Crippen LogP contribution in [0.2, 0.25) is 5.02 Å². The van der Waals surface area contributed by atoms with E-state index in [0.717, 1.165) is 28.8 Å². The number of rotatable bonds is 2. The van der Waals surface area contributed by atoms with E-state index in [1.165, 1.54) is 0 Å². The lowest BCUT2D eigenvalue weighted by Crippen LogP contribution is -2.68. The summed E-state index contributed by atoms with van der Waals surface area (Å²) in [4.78, 5) is 14.7. The van der Waals surface area contributed by atoms with Gasteiger partial charge in [-0.2, -0.15) is 0 Å². The Bertz CT molecular complexity index is 714. The molecule has 0 aliphatic carbocycles. The lowest BCUT2D eigenvalue weighted by atomic mass is 10.1. The summed E-state index contributed by atoms with van der Waals surface area (Å²) < 4.78 is 6.30. The Labute approximate surface area is 159 Å². The van der Waals surface area contributed by atoms with Gasteiger partial charge in [0, 0.05) is 23.8 Å². The molecule has 3 N–H and O–H groups in total. The average Bonchev–Trinajstić information content (AvgIpc) is 2.99. The van der Waals surface area contributed by atoms with Gasteiger partial charge in [-0.25, -0.2) is 5.43 Å². The Balaban J connectivity index is 1.55. The average molecular weight is 429 g/mol. The number of nitrogens with zero attached hydrogens (tertiary/aromatic N) is 2. The monoisotopic (exact) mass is 427 g/mol. The van der Waals surface area contributed by atoms with Crippen LogP contribution in [0.4, 0.5) is 5.69 Å². The highest BCUT2D eigenvalue weighted by molar-refractivity contribution is 9.10. The van der Waals surface area contributed by atoms with Crippen LogP contribution in [0.3, 0.4) is 0 Å². The van der Waals surface area contributed by atoms with Crippen molar-refractivity contribution >= 4 is 39.1 Å². The van der Waals surface area contributed by atoms with Gasteiger partial charge >= 0.3 is 0 Å². The molecule has 0 spiro atoms. The summed E-state index contributed by atoms with van der Waals surface area (Å²) in [6.45, 7) is 4.90. The summed E-state index contributed by atoms with van der Waals surface area (Å²) in [6.07, 6.45) is 1.32. The molecule has 2 atom stereocenters. The van der Waals surface area contributed by atoms with Crippen LogP contribution >= 0.6 is 27.5 Å². The zero-order valence-electron chi connectivity index (χ0n) is 13.7. The second-order valence-electron chi connectivity index (χ2n) is 6.26. The van der Waals surface area contributed by atoms with Crippen molar-refractivity contribution in [3.8, 4) is 0 Å². The molecule has 2 unspecified atom stereocenters. The number of anilines is 1. The Morgan fingerprint density at radius 3 is 2.80 bits per heavy atom. The first-order valence-corrected chi connectivity index (χ1v) is 9.31. The standard InChI is InChI=1S/C16H19BrClN5O2/c1-9-6-10(17)7-12(18)13(9)23-8-11-14(21-23)19-16(20-15(11)24)22-2-4-25-5-3-22/h6-8,14,16,19,21H,2-5H2,1H3,(H,20,24). The molecule has 0 radical (unpaired) electrons. The van der Waals surface area contributed by atoms with Gasteiger partial charge in [-0.3, -0.25) is 20.0 Å². The predicted molar refractivity (Wildman–Crippen MR) is 98.8 cm³/mol. The second-order valence-corrected chi connectivity index (χ2v) is 7.58. The first kappa shape index (κ1) is 17.3.